The van der Waals surface area contributed by atoms with Crippen LogP contribution in [-0.2, 0) is 4.79 Å². The van der Waals surface area contributed by atoms with Gasteiger partial charge in [-0.15, -0.1) is 0 Å². The summed E-state index contributed by atoms with van der Waals surface area (Å²) < 4.78 is 0.834. The first-order chi connectivity index (χ1) is 7.95. The molecule has 94 valence electrons. The fraction of sp³-hybridized carbons (Fsp3) is 0.462. The van der Waals surface area contributed by atoms with Gasteiger partial charge in [0.05, 0.1) is 0 Å². The number of hydrogen-bond donors (Lipinski definition) is 2. The Kier molecular flexibility index (Phi) is 5.15. The van der Waals surface area contributed by atoms with Crippen LogP contribution in [0.5, 0.6) is 0 Å². The van der Waals surface area contributed by atoms with Crippen LogP contribution in [0.3, 0.4) is 0 Å². The number of aryl methyl sites for hydroxylation is 1. The number of carboxylic acid groups (broad SMARTS) is 1. The molecule has 0 heterocycles. The Morgan fingerprint density at radius 1 is 1.53 bits per heavy atom. The monoisotopic (exact) mass is 299 g/mol. The van der Waals surface area contributed by atoms with Gasteiger partial charge >= 0.3 is 5.97 Å². The summed E-state index contributed by atoms with van der Waals surface area (Å²) in [6.45, 7) is 5.99. The van der Waals surface area contributed by atoms with Crippen molar-refractivity contribution in [3.05, 3.63) is 33.8 Å². The molecule has 4 heteroatoms. The fourth-order valence-corrected chi connectivity index (χ4v) is 2.28. The first-order valence-corrected chi connectivity index (χ1v) is 6.50. The van der Waals surface area contributed by atoms with Gasteiger partial charge in [0.1, 0.15) is 6.04 Å². The molecule has 1 rings (SSSR count). The zero-order chi connectivity index (χ0) is 13.0. The molecule has 0 aliphatic carbocycles. The van der Waals surface area contributed by atoms with Crippen molar-refractivity contribution in [3.63, 3.8) is 0 Å². The second kappa shape index (κ2) is 6.17. The SMILES string of the molecule is CCC(C)NC(C(=O)O)c1ccc(C)cc1Br. The summed E-state index contributed by atoms with van der Waals surface area (Å²) in [5.74, 6) is -0.852. The summed E-state index contributed by atoms with van der Waals surface area (Å²) in [6.07, 6.45) is 0.896. The molecule has 0 bridgehead atoms. The highest BCUT2D eigenvalue weighted by molar-refractivity contribution is 9.10. The molecular formula is C13H18BrNO2. The Hall–Kier alpha value is -0.870. The van der Waals surface area contributed by atoms with Crippen LogP contribution in [-0.4, -0.2) is 17.1 Å². The van der Waals surface area contributed by atoms with Gasteiger partial charge in [0, 0.05) is 10.5 Å². The topological polar surface area (TPSA) is 49.3 Å². The molecule has 2 N–H and O–H groups in total. The largest absolute Gasteiger partial charge is 0.480 e. The number of benzene rings is 1. The van der Waals surface area contributed by atoms with E-state index in [0.29, 0.717) is 0 Å². The second-order valence-electron chi connectivity index (χ2n) is 4.27. The standard InChI is InChI=1S/C13H18BrNO2/c1-4-9(3)15-12(13(16)17)10-6-5-8(2)7-11(10)14/h5-7,9,12,15H,4H2,1-3H3,(H,16,17). The van der Waals surface area contributed by atoms with Crippen molar-refractivity contribution in [2.24, 2.45) is 0 Å². The molecule has 3 nitrogen and oxygen atoms in total. The van der Waals surface area contributed by atoms with Crippen molar-refractivity contribution in [1.29, 1.82) is 0 Å². The lowest BCUT2D eigenvalue weighted by atomic mass is 10.0. The van der Waals surface area contributed by atoms with Crippen LogP contribution in [0.15, 0.2) is 22.7 Å². The smallest absolute Gasteiger partial charge is 0.325 e. The first-order valence-electron chi connectivity index (χ1n) is 5.70. The highest BCUT2D eigenvalue weighted by atomic mass is 79.9. The van der Waals surface area contributed by atoms with Crippen molar-refractivity contribution >= 4 is 21.9 Å². The van der Waals surface area contributed by atoms with Crippen molar-refractivity contribution in [1.82, 2.24) is 5.32 Å². The lowest BCUT2D eigenvalue weighted by Gasteiger charge is -2.20. The van der Waals surface area contributed by atoms with E-state index in [0.717, 1.165) is 22.0 Å². The quantitative estimate of drug-likeness (QED) is 0.877. The van der Waals surface area contributed by atoms with Crippen LogP contribution in [0, 0.1) is 6.92 Å². The van der Waals surface area contributed by atoms with Crippen LogP contribution in [0.4, 0.5) is 0 Å². The van der Waals surface area contributed by atoms with Gasteiger partial charge in [-0.05, 0) is 37.5 Å². The average Bonchev–Trinajstić information content (AvgIpc) is 2.26. The van der Waals surface area contributed by atoms with Gasteiger partial charge < -0.3 is 5.11 Å². The number of aliphatic carboxylic acids is 1. The lowest BCUT2D eigenvalue weighted by Crippen LogP contribution is -2.35. The molecule has 17 heavy (non-hydrogen) atoms. The van der Waals surface area contributed by atoms with Crippen molar-refractivity contribution in [3.8, 4) is 0 Å². The minimum Gasteiger partial charge on any atom is -0.480 e. The third-order valence-electron chi connectivity index (χ3n) is 2.78. The summed E-state index contributed by atoms with van der Waals surface area (Å²) >= 11 is 3.42. The Balaban J connectivity index is 3.01. The predicted molar refractivity (Wildman–Crippen MR) is 72.1 cm³/mol. The number of carbonyl (C=O) groups is 1. The van der Waals surface area contributed by atoms with Gasteiger partial charge in [-0.2, -0.15) is 0 Å². The van der Waals surface area contributed by atoms with Crippen LogP contribution in [0.25, 0.3) is 0 Å². The molecule has 0 aliphatic heterocycles. The van der Waals surface area contributed by atoms with Crippen LogP contribution >= 0.6 is 15.9 Å². The van der Waals surface area contributed by atoms with E-state index in [2.05, 4.69) is 21.2 Å². The van der Waals surface area contributed by atoms with Crippen molar-refractivity contribution in [2.45, 2.75) is 39.3 Å². The van der Waals surface area contributed by atoms with E-state index in [1.807, 2.05) is 39.0 Å². The highest BCUT2D eigenvalue weighted by Gasteiger charge is 2.23. The van der Waals surface area contributed by atoms with E-state index in [-0.39, 0.29) is 6.04 Å². The number of halogens is 1. The van der Waals surface area contributed by atoms with Gasteiger partial charge in [0.15, 0.2) is 0 Å². The Morgan fingerprint density at radius 2 is 2.18 bits per heavy atom. The second-order valence-corrected chi connectivity index (χ2v) is 5.13. The van der Waals surface area contributed by atoms with E-state index in [4.69, 9.17) is 0 Å². The van der Waals surface area contributed by atoms with E-state index in [9.17, 15) is 9.90 Å². The minimum absolute atomic E-state index is 0.171. The molecule has 1 aromatic carbocycles. The maximum absolute atomic E-state index is 11.3. The predicted octanol–water partition coefficient (Wildman–Crippen LogP) is 3.27. The van der Waals surface area contributed by atoms with E-state index < -0.39 is 12.0 Å². The van der Waals surface area contributed by atoms with Crippen LogP contribution < -0.4 is 5.32 Å². The Labute approximate surface area is 110 Å². The number of hydrogen-bond acceptors (Lipinski definition) is 2. The zero-order valence-electron chi connectivity index (χ0n) is 10.3. The summed E-state index contributed by atoms with van der Waals surface area (Å²) in [6, 6.07) is 5.22. The molecule has 0 saturated heterocycles. The van der Waals surface area contributed by atoms with E-state index >= 15 is 0 Å². The van der Waals surface area contributed by atoms with Gasteiger partial charge in [-0.25, -0.2) is 0 Å². The molecule has 0 aliphatic rings. The zero-order valence-corrected chi connectivity index (χ0v) is 11.9. The molecule has 0 aromatic heterocycles. The van der Waals surface area contributed by atoms with Gasteiger partial charge in [-0.3, -0.25) is 10.1 Å². The molecule has 2 unspecified atom stereocenters. The third kappa shape index (κ3) is 3.82. The summed E-state index contributed by atoms with van der Waals surface area (Å²) in [7, 11) is 0. The summed E-state index contributed by atoms with van der Waals surface area (Å²) in [5.41, 5.74) is 1.87. The molecule has 0 amide bonds. The minimum atomic E-state index is -0.852. The molecule has 0 spiro atoms. The number of nitrogens with one attached hydrogen (secondary N) is 1. The van der Waals surface area contributed by atoms with Crippen LogP contribution in [0.2, 0.25) is 0 Å². The Morgan fingerprint density at radius 3 is 2.65 bits per heavy atom. The van der Waals surface area contributed by atoms with E-state index in [1.54, 1.807) is 0 Å². The Bertz CT molecular complexity index is 406. The molecule has 0 radical (unpaired) electrons. The summed E-state index contributed by atoms with van der Waals surface area (Å²) in [4.78, 5) is 11.3. The van der Waals surface area contributed by atoms with Gasteiger partial charge in [-0.1, -0.05) is 35.0 Å². The van der Waals surface area contributed by atoms with Crippen molar-refractivity contribution in [2.75, 3.05) is 0 Å². The molecular weight excluding hydrogens is 282 g/mol. The number of carboxylic acids is 1. The fourth-order valence-electron chi connectivity index (χ4n) is 1.56. The average molecular weight is 300 g/mol. The molecule has 2 atom stereocenters. The maximum atomic E-state index is 11.3. The molecule has 0 saturated carbocycles. The normalized spacial score (nSPS) is 14.4. The van der Waals surface area contributed by atoms with Gasteiger partial charge in [0.25, 0.3) is 0 Å². The van der Waals surface area contributed by atoms with E-state index in [1.165, 1.54) is 0 Å². The molecule has 1 aromatic rings. The summed E-state index contributed by atoms with van der Waals surface area (Å²) in [5, 5.41) is 12.4. The lowest BCUT2D eigenvalue weighted by molar-refractivity contribution is -0.139. The molecule has 0 fully saturated rings. The highest BCUT2D eigenvalue weighted by Crippen LogP contribution is 2.25. The number of rotatable bonds is 5. The van der Waals surface area contributed by atoms with Crippen LogP contribution in [0.1, 0.15) is 37.4 Å². The van der Waals surface area contributed by atoms with Crippen molar-refractivity contribution < 1.29 is 9.90 Å². The third-order valence-corrected chi connectivity index (χ3v) is 3.46. The first kappa shape index (κ1) is 14.2. The maximum Gasteiger partial charge on any atom is 0.325 e. The van der Waals surface area contributed by atoms with Gasteiger partial charge in [0.2, 0.25) is 0 Å².